The van der Waals surface area contributed by atoms with E-state index in [1.165, 1.54) is 5.56 Å². The van der Waals surface area contributed by atoms with E-state index in [0.717, 1.165) is 38.2 Å². The number of Topliss-reactive ketones (excluding diaryl/α,β-unsaturated/α-hetero) is 1. The van der Waals surface area contributed by atoms with E-state index in [-0.39, 0.29) is 11.8 Å². The summed E-state index contributed by atoms with van der Waals surface area (Å²) in [5.41, 5.74) is 2.03. The Kier molecular flexibility index (Phi) is 4.50. The van der Waals surface area contributed by atoms with Gasteiger partial charge in [-0.1, -0.05) is 36.8 Å². The molecule has 1 aromatic rings. The molecule has 1 N–H and O–H groups in total. The van der Waals surface area contributed by atoms with Crippen molar-refractivity contribution in [3.05, 3.63) is 35.4 Å². The molecule has 0 amide bonds. The molecule has 18 heavy (non-hydrogen) atoms. The van der Waals surface area contributed by atoms with Gasteiger partial charge in [0.1, 0.15) is 0 Å². The third-order valence-corrected chi connectivity index (χ3v) is 3.62. The van der Waals surface area contributed by atoms with E-state index in [4.69, 9.17) is 0 Å². The summed E-state index contributed by atoms with van der Waals surface area (Å²) in [4.78, 5) is 14.8. The molecule has 1 aliphatic heterocycles. The van der Waals surface area contributed by atoms with Crippen LogP contribution in [0.1, 0.15) is 29.3 Å². The first kappa shape index (κ1) is 13.2. The average Bonchev–Trinajstić information content (AvgIpc) is 2.41. The van der Waals surface area contributed by atoms with Gasteiger partial charge in [-0.25, -0.2) is 0 Å². The van der Waals surface area contributed by atoms with Crippen molar-refractivity contribution in [1.29, 1.82) is 0 Å². The summed E-state index contributed by atoms with van der Waals surface area (Å²) in [6.45, 7) is 8.04. The highest BCUT2D eigenvalue weighted by Gasteiger charge is 2.25. The van der Waals surface area contributed by atoms with Crippen LogP contribution in [0.2, 0.25) is 0 Å². The summed E-state index contributed by atoms with van der Waals surface area (Å²) >= 11 is 0. The van der Waals surface area contributed by atoms with Crippen LogP contribution in [-0.4, -0.2) is 42.9 Å². The minimum absolute atomic E-state index is 0.0369. The van der Waals surface area contributed by atoms with E-state index in [1.807, 2.05) is 31.2 Å². The first-order chi connectivity index (χ1) is 8.72. The smallest absolute Gasteiger partial charge is 0.179 e. The van der Waals surface area contributed by atoms with E-state index in [2.05, 4.69) is 17.1 Å². The molecule has 98 valence electrons. The van der Waals surface area contributed by atoms with E-state index in [1.54, 1.807) is 0 Å². The zero-order valence-electron chi connectivity index (χ0n) is 11.3. The summed E-state index contributed by atoms with van der Waals surface area (Å²) in [6, 6.07) is 7.95. The van der Waals surface area contributed by atoms with Crippen LogP contribution >= 0.6 is 0 Å². The van der Waals surface area contributed by atoms with Crippen molar-refractivity contribution in [2.75, 3.05) is 26.2 Å². The highest BCUT2D eigenvalue weighted by atomic mass is 16.1. The molecule has 1 fully saturated rings. The standard InChI is InChI=1S/C15H22N2O/c1-3-14(17-10-8-16-9-11-17)15(18)13-6-4-12(2)5-7-13/h4-7,14,16H,3,8-11H2,1-2H3. The number of hydrogen-bond donors (Lipinski definition) is 1. The van der Waals surface area contributed by atoms with Gasteiger partial charge in [-0.15, -0.1) is 0 Å². The van der Waals surface area contributed by atoms with Gasteiger partial charge < -0.3 is 5.32 Å². The van der Waals surface area contributed by atoms with Gasteiger partial charge in [-0.05, 0) is 13.3 Å². The number of nitrogens with zero attached hydrogens (tertiary/aromatic N) is 1. The largest absolute Gasteiger partial charge is 0.314 e. The molecule has 1 heterocycles. The lowest BCUT2D eigenvalue weighted by atomic mass is 9.99. The normalized spacial score (nSPS) is 18.6. The average molecular weight is 246 g/mol. The monoisotopic (exact) mass is 246 g/mol. The third-order valence-electron chi connectivity index (χ3n) is 3.62. The first-order valence-electron chi connectivity index (χ1n) is 6.78. The molecule has 0 bridgehead atoms. The van der Waals surface area contributed by atoms with E-state index >= 15 is 0 Å². The van der Waals surface area contributed by atoms with Gasteiger partial charge in [0.15, 0.2) is 5.78 Å². The Balaban J connectivity index is 2.11. The molecule has 3 nitrogen and oxygen atoms in total. The van der Waals surface area contributed by atoms with E-state index in [9.17, 15) is 4.79 Å². The lowest BCUT2D eigenvalue weighted by molar-refractivity contribution is 0.0790. The van der Waals surface area contributed by atoms with Crippen LogP contribution in [0.15, 0.2) is 24.3 Å². The molecule has 0 aliphatic carbocycles. The molecule has 0 saturated carbocycles. The lowest BCUT2D eigenvalue weighted by Crippen LogP contribution is -2.51. The second-order valence-electron chi connectivity index (χ2n) is 4.94. The topological polar surface area (TPSA) is 32.3 Å². The van der Waals surface area contributed by atoms with Crippen molar-refractivity contribution in [3.63, 3.8) is 0 Å². The van der Waals surface area contributed by atoms with Crippen LogP contribution in [-0.2, 0) is 0 Å². The highest BCUT2D eigenvalue weighted by molar-refractivity contribution is 6.00. The zero-order chi connectivity index (χ0) is 13.0. The molecule has 2 rings (SSSR count). The number of carbonyl (C=O) groups is 1. The maximum atomic E-state index is 12.5. The minimum Gasteiger partial charge on any atom is -0.314 e. The second-order valence-corrected chi connectivity index (χ2v) is 4.94. The Bertz CT molecular complexity index is 393. The predicted molar refractivity (Wildman–Crippen MR) is 74.0 cm³/mol. The summed E-state index contributed by atoms with van der Waals surface area (Å²) < 4.78 is 0. The van der Waals surface area contributed by atoms with Crippen LogP contribution in [0.25, 0.3) is 0 Å². The van der Waals surface area contributed by atoms with Crippen molar-refractivity contribution in [1.82, 2.24) is 10.2 Å². The first-order valence-corrected chi connectivity index (χ1v) is 6.78. The summed E-state index contributed by atoms with van der Waals surface area (Å²) in [6.07, 6.45) is 0.882. The van der Waals surface area contributed by atoms with Crippen molar-refractivity contribution in [3.8, 4) is 0 Å². The lowest BCUT2D eigenvalue weighted by Gasteiger charge is -2.33. The number of ketones is 1. The van der Waals surface area contributed by atoms with Gasteiger partial charge in [0, 0.05) is 31.7 Å². The van der Waals surface area contributed by atoms with Gasteiger partial charge in [-0.3, -0.25) is 9.69 Å². The highest BCUT2D eigenvalue weighted by Crippen LogP contribution is 2.14. The SMILES string of the molecule is CCC(C(=O)c1ccc(C)cc1)N1CCNCC1. The molecule has 1 aliphatic rings. The fourth-order valence-corrected chi connectivity index (χ4v) is 2.51. The van der Waals surface area contributed by atoms with Gasteiger partial charge in [0.2, 0.25) is 0 Å². The molecular weight excluding hydrogens is 224 g/mol. The van der Waals surface area contributed by atoms with Gasteiger partial charge in [0.05, 0.1) is 6.04 Å². The van der Waals surface area contributed by atoms with Crippen LogP contribution in [0.5, 0.6) is 0 Å². The Morgan fingerprint density at radius 1 is 1.28 bits per heavy atom. The van der Waals surface area contributed by atoms with E-state index in [0.29, 0.717) is 0 Å². The maximum Gasteiger partial charge on any atom is 0.179 e. The third kappa shape index (κ3) is 2.98. The number of nitrogens with one attached hydrogen (secondary N) is 1. The van der Waals surface area contributed by atoms with Crippen LogP contribution in [0.3, 0.4) is 0 Å². The Hall–Kier alpha value is -1.19. The number of hydrogen-bond acceptors (Lipinski definition) is 3. The van der Waals surface area contributed by atoms with Crippen molar-refractivity contribution < 1.29 is 4.79 Å². The quantitative estimate of drug-likeness (QED) is 0.823. The molecule has 1 atom stereocenters. The molecular formula is C15H22N2O. The van der Waals surface area contributed by atoms with Gasteiger partial charge in [-0.2, -0.15) is 0 Å². The number of carbonyl (C=O) groups excluding carboxylic acids is 1. The van der Waals surface area contributed by atoms with Crippen molar-refractivity contribution in [2.45, 2.75) is 26.3 Å². The number of rotatable bonds is 4. The fourth-order valence-electron chi connectivity index (χ4n) is 2.51. The van der Waals surface area contributed by atoms with E-state index < -0.39 is 0 Å². The van der Waals surface area contributed by atoms with Gasteiger partial charge >= 0.3 is 0 Å². The molecule has 1 aromatic carbocycles. The minimum atomic E-state index is 0.0369. The number of piperazine rings is 1. The fraction of sp³-hybridized carbons (Fsp3) is 0.533. The van der Waals surface area contributed by atoms with Crippen LogP contribution in [0, 0.1) is 6.92 Å². The van der Waals surface area contributed by atoms with Crippen molar-refractivity contribution in [2.24, 2.45) is 0 Å². The second kappa shape index (κ2) is 6.12. The number of aryl methyl sites for hydroxylation is 1. The molecule has 0 radical (unpaired) electrons. The molecule has 1 saturated heterocycles. The maximum absolute atomic E-state index is 12.5. The summed E-state index contributed by atoms with van der Waals surface area (Å²) in [5.74, 6) is 0.263. The Labute approximate surface area is 109 Å². The summed E-state index contributed by atoms with van der Waals surface area (Å²) in [7, 11) is 0. The predicted octanol–water partition coefficient (Wildman–Crippen LogP) is 1.86. The molecule has 0 aromatic heterocycles. The van der Waals surface area contributed by atoms with Gasteiger partial charge in [0.25, 0.3) is 0 Å². The Morgan fingerprint density at radius 2 is 1.89 bits per heavy atom. The summed E-state index contributed by atoms with van der Waals surface area (Å²) in [5, 5.41) is 3.33. The molecule has 3 heteroatoms. The zero-order valence-corrected chi connectivity index (χ0v) is 11.3. The Morgan fingerprint density at radius 3 is 2.44 bits per heavy atom. The van der Waals surface area contributed by atoms with Crippen LogP contribution in [0.4, 0.5) is 0 Å². The molecule has 0 spiro atoms. The molecule has 1 unspecified atom stereocenters. The number of benzene rings is 1. The van der Waals surface area contributed by atoms with Crippen LogP contribution < -0.4 is 5.32 Å². The van der Waals surface area contributed by atoms with Crippen molar-refractivity contribution >= 4 is 5.78 Å².